The van der Waals surface area contributed by atoms with Gasteiger partial charge in [-0.1, -0.05) is 6.92 Å². The van der Waals surface area contributed by atoms with Crippen LogP contribution >= 0.6 is 0 Å². The van der Waals surface area contributed by atoms with Crippen molar-refractivity contribution in [2.24, 2.45) is 0 Å². The molecular weight excluding hydrogens is 202 g/mol. The Hall–Kier alpha value is -1.00. The zero-order valence-corrected chi connectivity index (χ0v) is 10.5. The number of rotatable bonds is 6. The highest BCUT2D eigenvalue weighted by Crippen LogP contribution is 2.31. The first-order chi connectivity index (χ1) is 7.68. The third-order valence-corrected chi connectivity index (χ3v) is 2.99. The maximum Gasteiger partial charge on any atom is 0.115 e. The van der Waals surface area contributed by atoms with E-state index in [0.29, 0.717) is 6.61 Å². The van der Waals surface area contributed by atoms with Crippen LogP contribution in [-0.2, 0) is 4.74 Å². The van der Waals surface area contributed by atoms with Gasteiger partial charge in [0.25, 0.3) is 0 Å². The molecule has 0 saturated heterocycles. The van der Waals surface area contributed by atoms with Gasteiger partial charge in [0.1, 0.15) is 6.33 Å². The highest BCUT2D eigenvalue weighted by Gasteiger charge is 2.33. The Morgan fingerprint density at radius 2 is 2.00 bits per heavy atom. The SMILES string of the molecule is CCOC(C)(CC)C(NC)c1cncnc1. The molecule has 0 bridgehead atoms. The van der Waals surface area contributed by atoms with E-state index in [4.69, 9.17) is 4.74 Å². The van der Waals surface area contributed by atoms with Crippen LogP contribution in [-0.4, -0.2) is 29.2 Å². The fourth-order valence-corrected chi connectivity index (χ4v) is 2.00. The summed E-state index contributed by atoms with van der Waals surface area (Å²) in [5.74, 6) is 0. The molecule has 1 aromatic rings. The second kappa shape index (κ2) is 5.92. The van der Waals surface area contributed by atoms with E-state index in [2.05, 4.69) is 29.1 Å². The van der Waals surface area contributed by atoms with Crippen LogP contribution in [0.25, 0.3) is 0 Å². The number of hydrogen-bond acceptors (Lipinski definition) is 4. The number of hydrogen-bond donors (Lipinski definition) is 1. The summed E-state index contributed by atoms with van der Waals surface area (Å²) in [5.41, 5.74) is 0.830. The number of nitrogens with one attached hydrogen (secondary N) is 1. The summed E-state index contributed by atoms with van der Waals surface area (Å²) in [6, 6.07) is 0.110. The molecule has 0 aliphatic rings. The Balaban J connectivity index is 2.96. The molecule has 0 radical (unpaired) electrons. The molecule has 4 nitrogen and oxygen atoms in total. The van der Waals surface area contributed by atoms with Crippen LogP contribution in [0.2, 0.25) is 0 Å². The van der Waals surface area contributed by atoms with Crippen molar-refractivity contribution >= 4 is 0 Å². The van der Waals surface area contributed by atoms with Crippen LogP contribution in [0.5, 0.6) is 0 Å². The Morgan fingerprint density at radius 1 is 1.38 bits per heavy atom. The molecule has 4 heteroatoms. The second-order valence-electron chi connectivity index (χ2n) is 3.99. The minimum Gasteiger partial charge on any atom is -0.374 e. The number of nitrogens with zero attached hydrogens (tertiary/aromatic N) is 2. The number of likely N-dealkylation sites (N-methyl/N-ethyl adjacent to an activating group) is 1. The average Bonchev–Trinajstić information content (AvgIpc) is 2.31. The van der Waals surface area contributed by atoms with E-state index in [1.54, 1.807) is 6.33 Å². The summed E-state index contributed by atoms with van der Waals surface area (Å²) < 4.78 is 5.87. The van der Waals surface area contributed by atoms with Gasteiger partial charge in [-0.3, -0.25) is 0 Å². The van der Waals surface area contributed by atoms with Crippen molar-refractivity contribution in [3.63, 3.8) is 0 Å². The summed E-state index contributed by atoms with van der Waals surface area (Å²) in [6.45, 7) is 6.97. The molecule has 1 heterocycles. The van der Waals surface area contributed by atoms with Gasteiger partial charge in [-0.05, 0) is 27.3 Å². The summed E-state index contributed by atoms with van der Waals surface area (Å²) in [4.78, 5) is 8.11. The highest BCUT2D eigenvalue weighted by molar-refractivity contribution is 5.14. The normalized spacial score (nSPS) is 16.8. The third-order valence-electron chi connectivity index (χ3n) is 2.99. The Bertz CT molecular complexity index is 304. The molecular formula is C12H21N3O. The van der Waals surface area contributed by atoms with Gasteiger partial charge in [-0.25, -0.2) is 9.97 Å². The summed E-state index contributed by atoms with van der Waals surface area (Å²) in [7, 11) is 1.94. The van der Waals surface area contributed by atoms with Crippen LogP contribution in [0.1, 0.15) is 38.8 Å². The lowest BCUT2D eigenvalue weighted by Crippen LogP contribution is -2.42. The molecule has 0 aliphatic heterocycles. The Kier molecular flexibility index (Phi) is 4.83. The van der Waals surface area contributed by atoms with E-state index < -0.39 is 0 Å². The first-order valence-electron chi connectivity index (χ1n) is 5.74. The summed E-state index contributed by atoms with van der Waals surface area (Å²) >= 11 is 0. The Morgan fingerprint density at radius 3 is 2.44 bits per heavy atom. The standard InChI is InChI=1S/C12H21N3O/c1-5-12(3,16-6-2)11(13-4)10-7-14-9-15-8-10/h7-9,11,13H,5-6H2,1-4H3. The van der Waals surface area contributed by atoms with Crippen LogP contribution in [0, 0.1) is 0 Å². The minimum atomic E-state index is -0.228. The minimum absolute atomic E-state index is 0.110. The topological polar surface area (TPSA) is 47.0 Å². The fourth-order valence-electron chi connectivity index (χ4n) is 2.00. The monoisotopic (exact) mass is 223 g/mol. The van der Waals surface area contributed by atoms with E-state index in [1.807, 2.05) is 26.4 Å². The van der Waals surface area contributed by atoms with Crippen molar-refractivity contribution in [3.8, 4) is 0 Å². The number of aromatic nitrogens is 2. The fraction of sp³-hybridized carbons (Fsp3) is 0.667. The summed E-state index contributed by atoms with van der Waals surface area (Å²) in [6.07, 6.45) is 6.14. The van der Waals surface area contributed by atoms with Crippen molar-refractivity contribution in [1.82, 2.24) is 15.3 Å². The van der Waals surface area contributed by atoms with Gasteiger partial charge in [0.2, 0.25) is 0 Å². The van der Waals surface area contributed by atoms with Gasteiger partial charge in [-0.15, -0.1) is 0 Å². The van der Waals surface area contributed by atoms with Crippen LogP contribution < -0.4 is 5.32 Å². The van der Waals surface area contributed by atoms with Gasteiger partial charge >= 0.3 is 0 Å². The number of ether oxygens (including phenoxy) is 1. The first kappa shape index (κ1) is 13.1. The summed E-state index contributed by atoms with van der Waals surface area (Å²) in [5, 5.41) is 3.29. The van der Waals surface area contributed by atoms with Gasteiger partial charge in [0, 0.05) is 24.6 Å². The molecule has 1 rings (SSSR count). The molecule has 0 fully saturated rings. The molecule has 0 amide bonds. The van der Waals surface area contributed by atoms with Crippen molar-refractivity contribution < 1.29 is 4.74 Å². The molecule has 0 spiro atoms. The predicted molar refractivity (Wildman–Crippen MR) is 64.2 cm³/mol. The van der Waals surface area contributed by atoms with E-state index in [0.717, 1.165) is 12.0 Å². The molecule has 2 unspecified atom stereocenters. The molecule has 0 aliphatic carbocycles. The largest absolute Gasteiger partial charge is 0.374 e. The van der Waals surface area contributed by atoms with Gasteiger partial charge < -0.3 is 10.1 Å². The smallest absolute Gasteiger partial charge is 0.115 e. The first-order valence-corrected chi connectivity index (χ1v) is 5.74. The van der Waals surface area contributed by atoms with E-state index in [-0.39, 0.29) is 11.6 Å². The lowest BCUT2D eigenvalue weighted by Gasteiger charge is -2.36. The molecule has 2 atom stereocenters. The molecule has 1 aromatic heterocycles. The van der Waals surface area contributed by atoms with Crippen LogP contribution in [0.4, 0.5) is 0 Å². The lowest BCUT2D eigenvalue weighted by atomic mass is 9.89. The van der Waals surface area contributed by atoms with Gasteiger partial charge in [-0.2, -0.15) is 0 Å². The maximum absolute atomic E-state index is 5.87. The van der Waals surface area contributed by atoms with Crippen LogP contribution in [0.3, 0.4) is 0 Å². The van der Waals surface area contributed by atoms with Crippen molar-refractivity contribution in [1.29, 1.82) is 0 Å². The molecule has 90 valence electrons. The zero-order chi connectivity index (χ0) is 12.0. The van der Waals surface area contributed by atoms with E-state index in [9.17, 15) is 0 Å². The Labute approximate surface area is 97.5 Å². The van der Waals surface area contributed by atoms with Crippen molar-refractivity contribution in [3.05, 3.63) is 24.3 Å². The highest BCUT2D eigenvalue weighted by atomic mass is 16.5. The average molecular weight is 223 g/mol. The third kappa shape index (κ3) is 2.77. The molecule has 16 heavy (non-hydrogen) atoms. The zero-order valence-electron chi connectivity index (χ0n) is 10.5. The second-order valence-corrected chi connectivity index (χ2v) is 3.99. The van der Waals surface area contributed by atoms with E-state index in [1.165, 1.54) is 0 Å². The van der Waals surface area contributed by atoms with Crippen molar-refractivity contribution in [2.45, 2.75) is 38.8 Å². The van der Waals surface area contributed by atoms with E-state index >= 15 is 0 Å². The van der Waals surface area contributed by atoms with Gasteiger partial charge in [0.15, 0.2) is 0 Å². The van der Waals surface area contributed by atoms with Gasteiger partial charge in [0.05, 0.1) is 11.6 Å². The molecule has 1 N–H and O–H groups in total. The quantitative estimate of drug-likeness (QED) is 0.800. The maximum atomic E-state index is 5.87. The lowest BCUT2D eigenvalue weighted by molar-refractivity contribution is -0.0548. The van der Waals surface area contributed by atoms with Crippen molar-refractivity contribution in [2.75, 3.05) is 13.7 Å². The molecule has 0 saturated carbocycles. The van der Waals surface area contributed by atoms with Crippen LogP contribution in [0.15, 0.2) is 18.7 Å². The molecule has 0 aromatic carbocycles. The predicted octanol–water partition coefficient (Wildman–Crippen LogP) is 1.94.